The lowest BCUT2D eigenvalue weighted by Gasteiger charge is -2.10. The van der Waals surface area contributed by atoms with Gasteiger partial charge in [-0.2, -0.15) is 0 Å². The number of aromatic nitrogens is 2. The van der Waals surface area contributed by atoms with Gasteiger partial charge in [0.1, 0.15) is 27.9 Å². The van der Waals surface area contributed by atoms with E-state index in [9.17, 15) is 0 Å². The zero-order valence-corrected chi connectivity index (χ0v) is 31.4. The molecule has 9 aromatic carbocycles. The van der Waals surface area contributed by atoms with Gasteiger partial charge in [-0.05, 0) is 83.9 Å². The maximum atomic E-state index is 6.64. The molecule has 0 aliphatic carbocycles. The highest BCUT2D eigenvalue weighted by molar-refractivity contribution is 6.20. The maximum Gasteiger partial charge on any atom is 0.159 e. The molecule has 59 heavy (non-hydrogen) atoms. The van der Waals surface area contributed by atoms with Crippen molar-refractivity contribution in [1.29, 1.82) is 0 Å². The summed E-state index contributed by atoms with van der Waals surface area (Å²) in [6.07, 6.45) is 0. The van der Waals surface area contributed by atoms with Gasteiger partial charge in [-0.15, -0.1) is 0 Å². The maximum absolute atomic E-state index is 6.64. The third-order valence-corrected chi connectivity index (χ3v) is 12.5. The van der Waals surface area contributed by atoms with Gasteiger partial charge < -0.3 is 22.4 Å². The number of fused-ring (bicyclic) bond motifs is 15. The topological polar surface area (TPSA) is 49.3 Å². The van der Waals surface area contributed by atoms with E-state index < -0.39 is 0 Å². The molecule has 0 spiro atoms. The van der Waals surface area contributed by atoms with Gasteiger partial charge in [0.25, 0.3) is 0 Å². The minimum Gasteiger partial charge on any atom is -0.456 e. The Labute approximate surface area is 335 Å². The first-order chi connectivity index (χ1) is 29.2. The van der Waals surface area contributed by atoms with Crippen LogP contribution in [0, 0.1) is 0 Å². The van der Waals surface area contributed by atoms with Gasteiger partial charge in [0.2, 0.25) is 0 Å². The molecule has 5 nitrogen and oxygen atoms in total. The fraction of sp³-hybridized carbons (Fsp3) is 0. The van der Waals surface area contributed by atoms with Crippen LogP contribution in [0.2, 0.25) is 0 Å². The summed E-state index contributed by atoms with van der Waals surface area (Å²) in [5, 5.41) is 11.4. The van der Waals surface area contributed by atoms with Gasteiger partial charge in [-0.3, -0.25) is 0 Å². The summed E-state index contributed by atoms with van der Waals surface area (Å²) in [4.78, 5) is 0. The lowest BCUT2D eigenvalue weighted by Crippen LogP contribution is -1.94. The summed E-state index contributed by atoms with van der Waals surface area (Å²) in [5.74, 6) is 0. The molecule has 0 N–H and O–H groups in total. The second-order valence-electron chi connectivity index (χ2n) is 15.6. The van der Waals surface area contributed by atoms with Crippen LogP contribution in [0.3, 0.4) is 0 Å². The van der Waals surface area contributed by atoms with Crippen molar-refractivity contribution < 1.29 is 13.3 Å². The number of rotatable bonds is 3. The van der Waals surface area contributed by atoms with Crippen molar-refractivity contribution in [2.24, 2.45) is 0 Å². The van der Waals surface area contributed by atoms with Crippen molar-refractivity contribution in [3.63, 3.8) is 0 Å². The number of hydrogen-bond donors (Lipinski definition) is 0. The minimum atomic E-state index is 0.861. The minimum absolute atomic E-state index is 0.861. The summed E-state index contributed by atoms with van der Waals surface area (Å²) >= 11 is 0. The predicted molar refractivity (Wildman–Crippen MR) is 242 cm³/mol. The number of hydrogen-bond acceptors (Lipinski definition) is 3. The highest BCUT2D eigenvalue weighted by Gasteiger charge is 2.22. The van der Waals surface area contributed by atoms with Gasteiger partial charge in [-0.1, -0.05) is 97.1 Å². The number of furan rings is 3. The standard InChI is InChI=1S/C54H30N2O3/c1-2-11-33(12-3-1)55-44-23-21-31(25-38(44)40-27-42-35-14-5-7-18-49(35)57-52(42)29-47(40)55)32-22-24-45-39(26-32)41-28-43-36-15-6-8-19-50(36)58-53(43)30-48(41)56(45)46-17-10-16-37-34-13-4-9-20-51(34)59-54(37)46/h1-30H. The Morgan fingerprint density at radius 3 is 1.36 bits per heavy atom. The largest absolute Gasteiger partial charge is 0.456 e. The van der Waals surface area contributed by atoms with Crippen molar-refractivity contribution in [1.82, 2.24) is 9.13 Å². The quantitative estimate of drug-likeness (QED) is 0.180. The predicted octanol–water partition coefficient (Wildman–Crippen LogP) is 15.2. The first kappa shape index (κ1) is 31.1. The molecule has 0 atom stereocenters. The highest BCUT2D eigenvalue weighted by atomic mass is 16.3. The second kappa shape index (κ2) is 11.3. The Morgan fingerprint density at radius 1 is 0.271 bits per heavy atom. The van der Waals surface area contributed by atoms with E-state index in [1.165, 1.54) is 10.8 Å². The Bertz CT molecular complexity index is 4080. The summed E-state index contributed by atoms with van der Waals surface area (Å²) in [6, 6.07) is 64.8. The number of para-hydroxylation sites is 5. The zero-order chi connectivity index (χ0) is 38.3. The van der Waals surface area contributed by atoms with Crippen LogP contribution in [0.5, 0.6) is 0 Å². The Balaban J connectivity index is 1.05. The van der Waals surface area contributed by atoms with E-state index in [1.54, 1.807) is 0 Å². The van der Waals surface area contributed by atoms with Crippen LogP contribution in [-0.4, -0.2) is 9.13 Å². The van der Waals surface area contributed by atoms with Crippen LogP contribution in [0.4, 0.5) is 0 Å². The van der Waals surface area contributed by atoms with Gasteiger partial charge >= 0.3 is 0 Å². The normalized spacial score (nSPS) is 12.4. The molecule has 14 aromatic rings. The third-order valence-electron chi connectivity index (χ3n) is 12.5. The third kappa shape index (κ3) is 4.23. The Hall–Kier alpha value is -8.02. The van der Waals surface area contributed by atoms with E-state index in [0.29, 0.717) is 0 Å². The Morgan fingerprint density at radius 2 is 0.746 bits per heavy atom. The van der Waals surface area contributed by atoms with Crippen LogP contribution in [0.1, 0.15) is 0 Å². The highest BCUT2D eigenvalue weighted by Crippen LogP contribution is 2.44. The van der Waals surface area contributed by atoms with Crippen LogP contribution < -0.4 is 0 Å². The smallest absolute Gasteiger partial charge is 0.159 e. The molecular weight excluding hydrogens is 725 g/mol. The van der Waals surface area contributed by atoms with E-state index in [0.717, 1.165) is 121 Å². The van der Waals surface area contributed by atoms with Crippen LogP contribution in [0.15, 0.2) is 195 Å². The molecule has 0 unspecified atom stereocenters. The molecule has 14 rings (SSSR count). The average Bonchev–Trinajstić information content (AvgIpc) is 4.09. The molecular formula is C54H30N2O3. The molecule has 0 amide bonds. The van der Waals surface area contributed by atoms with Crippen molar-refractivity contribution in [2.45, 2.75) is 0 Å². The van der Waals surface area contributed by atoms with Crippen molar-refractivity contribution in [2.75, 3.05) is 0 Å². The fourth-order valence-electron chi connectivity index (χ4n) is 9.86. The molecule has 274 valence electrons. The summed E-state index contributed by atoms with van der Waals surface area (Å²) in [6.45, 7) is 0. The first-order valence-electron chi connectivity index (χ1n) is 20.0. The van der Waals surface area contributed by atoms with Crippen LogP contribution in [0.25, 0.3) is 132 Å². The molecule has 0 saturated carbocycles. The second-order valence-corrected chi connectivity index (χ2v) is 15.6. The molecule has 0 aliphatic rings. The number of nitrogens with zero attached hydrogens (tertiary/aromatic N) is 2. The fourth-order valence-corrected chi connectivity index (χ4v) is 9.86. The van der Waals surface area contributed by atoms with Gasteiger partial charge in [-0.25, -0.2) is 0 Å². The van der Waals surface area contributed by atoms with E-state index in [-0.39, 0.29) is 0 Å². The monoisotopic (exact) mass is 754 g/mol. The molecule has 5 aromatic heterocycles. The van der Waals surface area contributed by atoms with Crippen molar-refractivity contribution in [3.05, 3.63) is 182 Å². The molecule has 0 radical (unpaired) electrons. The summed E-state index contributed by atoms with van der Waals surface area (Å²) < 4.78 is 24.2. The van der Waals surface area contributed by atoms with E-state index in [2.05, 4.69) is 155 Å². The molecule has 0 aliphatic heterocycles. The lowest BCUT2D eigenvalue weighted by molar-refractivity contribution is 0.665. The Kier molecular flexibility index (Phi) is 5.96. The molecule has 5 heterocycles. The van der Waals surface area contributed by atoms with E-state index >= 15 is 0 Å². The van der Waals surface area contributed by atoms with Crippen LogP contribution in [-0.2, 0) is 0 Å². The van der Waals surface area contributed by atoms with Gasteiger partial charge in [0.15, 0.2) is 5.58 Å². The van der Waals surface area contributed by atoms with Crippen LogP contribution >= 0.6 is 0 Å². The van der Waals surface area contributed by atoms with Gasteiger partial charge in [0, 0.05) is 71.7 Å². The van der Waals surface area contributed by atoms with Crippen molar-refractivity contribution in [3.8, 4) is 22.5 Å². The van der Waals surface area contributed by atoms with E-state index in [4.69, 9.17) is 13.3 Å². The summed E-state index contributed by atoms with van der Waals surface area (Å²) in [7, 11) is 0. The molecule has 0 fully saturated rings. The van der Waals surface area contributed by atoms with Crippen molar-refractivity contribution >= 4 is 109 Å². The lowest BCUT2D eigenvalue weighted by atomic mass is 10.00. The van der Waals surface area contributed by atoms with Gasteiger partial charge in [0.05, 0.1) is 27.8 Å². The average molecular weight is 755 g/mol. The van der Waals surface area contributed by atoms with E-state index in [1.807, 2.05) is 36.4 Å². The molecule has 0 bridgehead atoms. The molecule has 0 saturated heterocycles. The number of benzene rings is 9. The first-order valence-corrected chi connectivity index (χ1v) is 20.0. The zero-order valence-electron chi connectivity index (χ0n) is 31.4. The molecule has 5 heteroatoms. The summed E-state index contributed by atoms with van der Waals surface area (Å²) in [5.41, 5.74) is 14.1. The SMILES string of the molecule is c1ccc(-n2c3ccc(-c4ccc5c(c4)c4cc6c(cc4n5-c4cccc5c4oc4ccccc45)oc4ccccc46)cc3c3cc4c(cc32)oc2ccccc24)cc1.